The van der Waals surface area contributed by atoms with Gasteiger partial charge in [-0.05, 0) is 44.4 Å². The van der Waals surface area contributed by atoms with Crippen molar-refractivity contribution >= 4 is 10.0 Å². The first kappa shape index (κ1) is 17.1. The first-order valence-electron chi connectivity index (χ1n) is 6.63. The Morgan fingerprint density at radius 1 is 1.30 bits per heavy atom. The molecule has 0 saturated carbocycles. The molecule has 4 nitrogen and oxygen atoms in total. The van der Waals surface area contributed by atoms with Gasteiger partial charge in [0.25, 0.3) is 0 Å². The van der Waals surface area contributed by atoms with E-state index in [2.05, 4.69) is 4.72 Å². The summed E-state index contributed by atoms with van der Waals surface area (Å²) < 4.78 is 41.1. The minimum Gasteiger partial charge on any atom is -0.392 e. The second-order valence-electron chi connectivity index (χ2n) is 5.24. The standard InChI is InChI=1S/C14H22FNO3S/c1-5-14(4,6-2)16-20(18,19)12-7-10(3)13(15)11(8-12)9-17/h7-8,16-17H,5-6,9H2,1-4H3. The Morgan fingerprint density at radius 2 is 1.85 bits per heavy atom. The van der Waals surface area contributed by atoms with Gasteiger partial charge < -0.3 is 5.11 Å². The molecule has 2 N–H and O–H groups in total. The number of sulfonamides is 1. The molecule has 0 atom stereocenters. The predicted molar refractivity (Wildman–Crippen MR) is 76.4 cm³/mol. The van der Waals surface area contributed by atoms with E-state index in [1.165, 1.54) is 19.1 Å². The highest BCUT2D eigenvalue weighted by atomic mass is 32.2. The number of hydrogen-bond donors (Lipinski definition) is 2. The molecule has 20 heavy (non-hydrogen) atoms. The summed E-state index contributed by atoms with van der Waals surface area (Å²) in [4.78, 5) is -0.0198. The number of aliphatic hydroxyl groups excluding tert-OH is 1. The third kappa shape index (κ3) is 3.56. The highest BCUT2D eigenvalue weighted by molar-refractivity contribution is 7.89. The molecule has 0 aliphatic rings. The van der Waals surface area contributed by atoms with Crippen molar-refractivity contribution in [2.45, 2.75) is 57.6 Å². The summed E-state index contributed by atoms with van der Waals surface area (Å²) in [5.41, 5.74) is -0.354. The number of benzene rings is 1. The second kappa shape index (κ2) is 6.20. The molecule has 0 fully saturated rings. The van der Waals surface area contributed by atoms with Gasteiger partial charge in [-0.15, -0.1) is 0 Å². The van der Waals surface area contributed by atoms with Crippen molar-refractivity contribution in [1.29, 1.82) is 0 Å². The third-order valence-electron chi connectivity index (χ3n) is 3.73. The lowest BCUT2D eigenvalue weighted by atomic mass is 9.98. The van der Waals surface area contributed by atoms with Crippen LogP contribution < -0.4 is 4.72 Å². The molecule has 0 spiro atoms. The molecule has 1 aromatic carbocycles. The lowest BCUT2D eigenvalue weighted by molar-refractivity contribution is 0.275. The zero-order valence-corrected chi connectivity index (χ0v) is 13.1. The Balaban J connectivity index is 3.26. The summed E-state index contributed by atoms with van der Waals surface area (Å²) in [6.07, 6.45) is 1.30. The largest absolute Gasteiger partial charge is 0.392 e. The van der Waals surface area contributed by atoms with Crippen molar-refractivity contribution in [2.75, 3.05) is 0 Å². The van der Waals surface area contributed by atoms with Gasteiger partial charge in [0.05, 0.1) is 11.5 Å². The quantitative estimate of drug-likeness (QED) is 0.848. The maximum absolute atomic E-state index is 13.7. The van der Waals surface area contributed by atoms with Crippen molar-refractivity contribution in [3.63, 3.8) is 0 Å². The third-order valence-corrected chi connectivity index (χ3v) is 5.34. The van der Waals surface area contributed by atoms with Crippen LogP contribution in [0.1, 0.15) is 44.7 Å². The van der Waals surface area contributed by atoms with Gasteiger partial charge in [0.1, 0.15) is 5.82 Å². The number of aryl methyl sites for hydroxylation is 1. The van der Waals surface area contributed by atoms with Crippen molar-refractivity contribution in [3.8, 4) is 0 Å². The van der Waals surface area contributed by atoms with Crippen LogP contribution in [0.2, 0.25) is 0 Å². The maximum Gasteiger partial charge on any atom is 0.241 e. The van der Waals surface area contributed by atoms with Gasteiger partial charge in [-0.1, -0.05) is 13.8 Å². The topological polar surface area (TPSA) is 66.4 Å². The normalized spacial score (nSPS) is 12.7. The van der Waals surface area contributed by atoms with E-state index in [1.54, 1.807) is 0 Å². The maximum atomic E-state index is 13.7. The minimum absolute atomic E-state index is 0.0138. The fraction of sp³-hybridized carbons (Fsp3) is 0.571. The summed E-state index contributed by atoms with van der Waals surface area (Å²) in [7, 11) is -3.74. The van der Waals surface area contributed by atoms with Gasteiger partial charge in [0.15, 0.2) is 0 Å². The van der Waals surface area contributed by atoms with E-state index < -0.39 is 28.0 Å². The van der Waals surface area contributed by atoms with Crippen molar-refractivity contribution in [3.05, 3.63) is 29.1 Å². The smallest absolute Gasteiger partial charge is 0.241 e. The zero-order valence-electron chi connectivity index (χ0n) is 12.3. The average molecular weight is 303 g/mol. The SMILES string of the molecule is CCC(C)(CC)NS(=O)(=O)c1cc(C)c(F)c(CO)c1. The average Bonchev–Trinajstić information content (AvgIpc) is 2.40. The van der Waals surface area contributed by atoms with E-state index in [1.807, 2.05) is 20.8 Å². The van der Waals surface area contributed by atoms with Crippen molar-refractivity contribution < 1.29 is 17.9 Å². The first-order chi connectivity index (χ1) is 9.19. The number of rotatable bonds is 6. The summed E-state index contributed by atoms with van der Waals surface area (Å²) in [6, 6.07) is 2.46. The number of halogens is 1. The van der Waals surface area contributed by atoms with Crippen LogP contribution >= 0.6 is 0 Å². The van der Waals surface area contributed by atoms with E-state index in [4.69, 9.17) is 5.11 Å². The van der Waals surface area contributed by atoms with E-state index in [9.17, 15) is 12.8 Å². The molecule has 0 unspecified atom stereocenters. The van der Waals surface area contributed by atoms with Crippen LogP contribution in [0.3, 0.4) is 0 Å². The molecule has 0 bridgehead atoms. The predicted octanol–water partition coefficient (Wildman–Crippen LogP) is 2.48. The zero-order chi connectivity index (χ0) is 15.6. The molecule has 0 aliphatic heterocycles. The van der Waals surface area contributed by atoms with Crippen LogP contribution in [-0.4, -0.2) is 19.1 Å². The molecule has 114 valence electrons. The Hall–Kier alpha value is -0.980. The number of hydrogen-bond acceptors (Lipinski definition) is 3. The lowest BCUT2D eigenvalue weighted by Gasteiger charge is -2.28. The Kier molecular flexibility index (Phi) is 5.29. The summed E-state index contributed by atoms with van der Waals surface area (Å²) in [5.74, 6) is -0.569. The number of aliphatic hydroxyl groups is 1. The first-order valence-corrected chi connectivity index (χ1v) is 8.11. The molecular formula is C14H22FNO3S. The highest BCUT2D eigenvalue weighted by Crippen LogP contribution is 2.22. The van der Waals surface area contributed by atoms with Gasteiger partial charge >= 0.3 is 0 Å². The van der Waals surface area contributed by atoms with Crippen molar-refractivity contribution in [1.82, 2.24) is 4.72 Å². The summed E-state index contributed by atoms with van der Waals surface area (Å²) in [6.45, 7) is 6.58. The summed E-state index contributed by atoms with van der Waals surface area (Å²) >= 11 is 0. The van der Waals surface area contributed by atoms with Gasteiger partial charge in [-0.25, -0.2) is 17.5 Å². The molecule has 0 aliphatic carbocycles. The van der Waals surface area contributed by atoms with E-state index >= 15 is 0 Å². The minimum atomic E-state index is -3.74. The molecule has 0 saturated heterocycles. The second-order valence-corrected chi connectivity index (χ2v) is 6.93. The Morgan fingerprint density at radius 3 is 2.30 bits per heavy atom. The molecule has 0 heterocycles. The molecule has 6 heteroatoms. The van der Waals surface area contributed by atoms with E-state index in [0.717, 1.165) is 0 Å². The van der Waals surface area contributed by atoms with Crippen LogP contribution in [0.25, 0.3) is 0 Å². The molecule has 1 rings (SSSR count). The van der Waals surface area contributed by atoms with Crippen LogP contribution in [0.15, 0.2) is 17.0 Å². The van der Waals surface area contributed by atoms with Crippen LogP contribution in [0, 0.1) is 12.7 Å². The van der Waals surface area contributed by atoms with Crippen LogP contribution in [-0.2, 0) is 16.6 Å². The Bertz CT molecular complexity index is 580. The van der Waals surface area contributed by atoms with Crippen LogP contribution in [0.5, 0.6) is 0 Å². The molecular weight excluding hydrogens is 281 g/mol. The highest BCUT2D eigenvalue weighted by Gasteiger charge is 2.28. The molecule has 0 amide bonds. The Labute approximate surface area is 120 Å². The van der Waals surface area contributed by atoms with E-state index in [-0.39, 0.29) is 16.0 Å². The fourth-order valence-electron chi connectivity index (χ4n) is 1.85. The van der Waals surface area contributed by atoms with Gasteiger partial charge in [0.2, 0.25) is 10.0 Å². The van der Waals surface area contributed by atoms with Gasteiger partial charge in [-0.2, -0.15) is 0 Å². The van der Waals surface area contributed by atoms with E-state index in [0.29, 0.717) is 12.8 Å². The van der Waals surface area contributed by atoms with Gasteiger partial charge in [0, 0.05) is 11.1 Å². The van der Waals surface area contributed by atoms with Crippen LogP contribution in [0.4, 0.5) is 4.39 Å². The van der Waals surface area contributed by atoms with Gasteiger partial charge in [-0.3, -0.25) is 0 Å². The molecule has 0 aromatic heterocycles. The number of nitrogens with one attached hydrogen (secondary N) is 1. The summed E-state index contributed by atoms with van der Waals surface area (Å²) in [5, 5.41) is 9.10. The lowest BCUT2D eigenvalue weighted by Crippen LogP contribution is -2.44. The van der Waals surface area contributed by atoms with Crippen molar-refractivity contribution in [2.24, 2.45) is 0 Å². The molecule has 1 aromatic rings. The monoisotopic (exact) mass is 303 g/mol. The molecule has 0 radical (unpaired) electrons. The fourth-order valence-corrected chi connectivity index (χ4v) is 3.54.